The normalized spacial score (nSPS) is 11.5. The van der Waals surface area contributed by atoms with Crippen molar-refractivity contribution in [2.45, 2.75) is 18.7 Å². The van der Waals surface area contributed by atoms with Crippen LogP contribution < -0.4 is 14.5 Å². The largest absolute Gasteiger partial charge is 0.492 e. The summed E-state index contributed by atoms with van der Waals surface area (Å²) >= 11 is 12.2. The first-order valence-electron chi connectivity index (χ1n) is 11.9. The van der Waals surface area contributed by atoms with E-state index in [1.165, 1.54) is 18.3 Å². The Morgan fingerprint density at radius 2 is 1.79 bits per heavy atom. The predicted molar refractivity (Wildman–Crippen MR) is 153 cm³/mol. The third kappa shape index (κ3) is 6.81. The molecule has 0 bridgehead atoms. The first kappa shape index (κ1) is 28.2. The molecule has 0 saturated heterocycles. The van der Waals surface area contributed by atoms with Crippen molar-refractivity contribution in [1.82, 2.24) is 5.43 Å². The lowest BCUT2D eigenvalue weighted by Gasteiger charge is -2.25. The molecule has 8 nitrogen and oxygen atoms in total. The first-order valence-corrected chi connectivity index (χ1v) is 14.1. The van der Waals surface area contributed by atoms with Crippen LogP contribution in [0.25, 0.3) is 11.3 Å². The second-order valence-corrected chi connectivity index (χ2v) is 11.1. The molecule has 1 aromatic heterocycles. The number of sulfonamides is 1. The van der Waals surface area contributed by atoms with Gasteiger partial charge in [-0.2, -0.15) is 5.10 Å². The summed E-state index contributed by atoms with van der Waals surface area (Å²) in [4.78, 5) is 12.9. The Balaban J connectivity index is 1.54. The van der Waals surface area contributed by atoms with Crippen molar-refractivity contribution < 1.29 is 22.4 Å². The maximum atomic E-state index is 13.6. The van der Waals surface area contributed by atoms with Gasteiger partial charge in [-0.05, 0) is 68.4 Å². The molecular weight excluding hydrogens is 561 g/mol. The van der Waals surface area contributed by atoms with Crippen molar-refractivity contribution >= 4 is 51.0 Å². The number of carbonyl (C=O) groups excluding carboxylic acids is 1. The number of hydrogen-bond donors (Lipinski definition) is 1. The summed E-state index contributed by atoms with van der Waals surface area (Å²) in [6, 6.07) is 21.4. The molecule has 4 rings (SSSR count). The van der Waals surface area contributed by atoms with E-state index in [1.807, 2.05) is 6.92 Å². The predicted octanol–water partition coefficient (Wildman–Crippen LogP) is 6.31. The van der Waals surface area contributed by atoms with Crippen LogP contribution in [0.2, 0.25) is 10.0 Å². The van der Waals surface area contributed by atoms with Crippen LogP contribution in [0.5, 0.6) is 5.75 Å². The highest BCUT2D eigenvalue weighted by molar-refractivity contribution is 7.92. The lowest BCUT2D eigenvalue weighted by Crippen LogP contribution is -2.39. The lowest BCUT2D eigenvalue weighted by molar-refractivity contribution is -0.119. The Morgan fingerprint density at radius 1 is 1.05 bits per heavy atom. The van der Waals surface area contributed by atoms with Gasteiger partial charge >= 0.3 is 0 Å². The smallest absolute Gasteiger partial charge is 0.264 e. The fourth-order valence-electron chi connectivity index (χ4n) is 3.67. The number of nitrogens with one attached hydrogen (secondary N) is 1. The number of aryl methyl sites for hydroxylation is 1. The molecule has 39 heavy (non-hydrogen) atoms. The highest BCUT2D eigenvalue weighted by atomic mass is 35.5. The SMILES string of the molecule is CCOc1ccccc1N(CC(=O)N/N=C/c1ccc(-c2ccc(Cl)cc2Cl)o1)S(=O)(=O)c1ccc(C)cc1. The molecule has 11 heteroatoms. The molecule has 0 aliphatic rings. The number of hydrazone groups is 1. The van der Waals surface area contributed by atoms with Crippen LogP contribution in [0.3, 0.4) is 0 Å². The van der Waals surface area contributed by atoms with Crippen LogP contribution in [0, 0.1) is 6.92 Å². The molecule has 0 spiro atoms. The Labute approximate surface area is 236 Å². The number of para-hydroxylation sites is 2. The lowest BCUT2D eigenvalue weighted by atomic mass is 10.2. The summed E-state index contributed by atoms with van der Waals surface area (Å²) in [6.45, 7) is 3.42. The van der Waals surface area contributed by atoms with E-state index in [4.69, 9.17) is 32.4 Å². The third-order valence-electron chi connectivity index (χ3n) is 5.53. The molecule has 1 heterocycles. The van der Waals surface area contributed by atoms with Gasteiger partial charge in [0.1, 0.15) is 23.8 Å². The van der Waals surface area contributed by atoms with Gasteiger partial charge in [-0.15, -0.1) is 0 Å². The Bertz CT molecular complexity index is 1600. The first-order chi connectivity index (χ1) is 18.7. The van der Waals surface area contributed by atoms with Crippen molar-refractivity contribution in [1.29, 1.82) is 0 Å². The minimum atomic E-state index is -4.12. The number of anilines is 1. The number of benzene rings is 3. The van der Waals surface area contributed by atoms with E-state index in [-0.39, 0.29) is 10.6 Å². The zero-order chi connectivity index (χ0) is 28.0. The second-order valence-electron chi connectivity index (χ2n) is 8.34. The van der Waals surface area contributed by atoms with E-state index in [9.17, 15) is 13.2 Å². The van der Waals surface area contributed by atoms with Gasteiger partial charge in [0.05, 0.1) is 28.4 Å². The quantitative estimate of drug-likeness (QED) is 0.174. The molecule has 4 aromatic rings. The zero-order valence-electron chi connectivity index (χ0n) is 21.1. The highest BCUT2D eigenvalue weighted by Gasteiger charge is 2.29. The van der Waals surface area contributed by atoms with E-state index in [2.05, 4.69) is 10.5 Å². The van der Waals surface area contributed by atoms with E-state index >= 15 is 0 Å². The fraction of sp³-hybridized carbons (Fsp3) is 0.143. The van der Waals surface area contributed by atoms with Gasteiger partial charge in [0.2, 0.25) is 0 Å². The maximum Gasteiger partial charge on any atom is 0.264 e. The van der Waals surface area contributed by atoms with Crippen molar-refractivity contribution in [2.24, 2.45) is 5.10 Å². The minimum Gasteiger partial charge on any atom is -0.492 e. The zero-order valence-corrected chi connectivity index (χ0v) is 23.4. The summed E-state index contributed by atoms with van der Waals surface area (Å²) in [5.74, 6) is 0.506. The number of furan rings is 1. The number of halogens is 2. The van der Waals surface area contributed by atoms with Crippen LogP contribution in [-0.2, 0) is 14.8 Å². The summed E-state index contributed by atoms with van der Waals surface area (Å²) in [6.07, 6.45) is 1.30. The van der Waals surface area contributed by atoms with Gasteiger partial charge in [-0.25, -0.2) is 13.8 Å². The highest BCUT2D eigenvalue weighted by Crippen LogP contribution is 2.33. The van der Waals surface area contributed by atoms with Crippen molar-refractivity contribution in [3.63, 3.8) is 0 Å². The molecule has 1 amide bonds. The summed E-state index contributed by atoms with van der Waals surface area (Å²) in [5, 5.41) is 4.86. The number of ether oxygens (including phenoxy) is 1. The molecule has 0 aliphatic heterocycles. The molecule has 0 radical (unpaired) electrons. The van der Waals surface area contributed by atoms with Crippen LogP contribution >= 0.6 is 23.2 Å². The number of hydrogen-bond acceptors (Lipinski definition) is 6. The standard InChI is InChI=1S/C28H25Cl2N3O5S/c1-3-37-27-7-5-4-6-25(27)33(39(35,36)22-12-8-19(2)9-13-22)18-28(34)32-31-17-21-11-15-26(38-21)23-14-10-20(29)16-24(23)30/h4-17H,3,18H2,1-2H3,(H,32,34)/b31-17+. The number of nitrogens with zero attached hydrogens (tertiary/aromatic N) is 2. The average molecular weight is 586 g/mol. The van der Waals surface area contributed by atoms with Gasteiger partial charge in [0, 0.05) is 10.6 Å². The second kappa shape index (κ2) is 12.4. The summed E-state index contributed by atoms with van der Waals surface area (Å²) < 4.78 is 39.7. The molecule has 0 saturated carbocycles. The van der Waals surface area contributed by atoms with Crippen molar-refractivity contribution in [3.8, 4) is 17.1 Å². The molecule has 202 valence electrons. The molecule has 0 atom stereocenters. The monoisotopic (exact) mass is 585 g/mol. The van der Waals surface area contributed by atoms with Crippen molar-refractivity contribution in [2.75, 3.05) is 17.5 Å². The van der Waals surface area contributed by atoms with Crippen LogP contribution in [0.4, 0.5) is 5.69 Å². The fourth-order valence-corrected chi connectivity index (χ4v) is 5.60. The van der Waals surface area contributed by atoms with E-state index in [1.54, 1.807) is 73.7 Å². The Kier molecular flexibility index (Phi) is 8.96. The molecule has 3 aromatic carbocycles. The van der Waals surface area contributed by atoms with Crippen LogP contribution in [0.15, 0.2) is 93.3 Å². The van der Waals surface area contributed by atoms with Gasteiger partial charge in [-0.3, -0.25) is 9.10 Å². The van der Waals surface area contributed by atoms with Crippen LogP contribution in [-0.4, -0.2) is 33.7 Å². The maximum absolute atomic E-state index is 13.6. The third-order valence-corrected chi connectivity index (χ3v) is 7.86. The van der Waals surface area contributed by atoms with Gasteiger partial charge in [0.15, 0.2) is 0 Å². The molecule has 0 fully saturated rings. The number of rotatable bonds is 10. The average Bonchev–Trinajstić information content (AvgIpc) is 3.36. The molecule has 1 N–H and O–H groups in total. The molecule has 0 aliphatic carbocycles. The van der Waals surface area contributed by atoms with E-state index in [0.29, 0.717) is 39.5 Å². The Hall–Kier alpha value is -3.79. The topological polar surface area (TPSA) is 101 Å². The Morgan fingerprint density at radius 3 is 2.51 bits per heavy atom. The van der Waals surface area contributed by atoms with E-state index < -0.39 is 22.5 Å². The van der Waals surface area contributed by atoms with Gasteiger partial charge in [-0.1, -0.05) is 53.0 Å². The minimum absolute atomic E-state index is 0.0414. The number of carbonyl (C=O) groups is 1. The molecular formula is C28H25Cl2N3O5S. The van der Waals surface area contributed by atoms with Gasteiger partial charge < -0.3 is 9.15 Å². The molecule has 0 unspecified atom stereocenters. The van der Waals surface area contributed by atoms with Gasteiger partial charge in [0.25, 0.3) is 15.9 Å². The summed E-state index contributed by atoms with van der Waals surface area (Å²) in [7, 11) is -4.12. The number of amides is 1. The van der Waals surface area contributed by atoms with Crippen LogP contribution in [0.1, 0.15) is 18.2 Å². The van der Waals surface area contributed by atoms with Crippen molar-refractivity contribution in [3.05, 3.63) is 100 Å². The summed E-state index contributed by atoms with van der Waals surface area (Å²) in [5.41, 5.74) is 4.15. The van der Waals surface area contributed by atoms with E-state index in [0.717, 1.165) is 9.87 Å².